The number of phenolic OH excluding ortho intramolecular Hbond substituents is 1. The number of carbonyl (C=O) groups excluding carboxylic acids is 1. The van der Waals surface area contributed by atoms with E-state index in [9.17, 15) is 9.90 Å². The first kappa shape index (κ1) is 18.5. The second kappa shape index (κ2) is 7.83. The van der Waals surface area contributed by atoms with E-state index in [-0.39, 0.29) is 17.1 Å². The maximum atomic E-state index is 12.0. The van der Waals surface area contributed by atoms with Crippen LogP contribution < -0.4 is 10.2 Å². The first-order valence-electron chi connectivity index (χ1n) is 8.15. The lowest BCUT2D eigenvalue weighted by Crippen LogP contribution is -2.33. The SMILES string of the molecule is CC(Oc1ccc(C(C)(C)C)cc1)C(=O)N/N=C/c1cccc(O)c1. The molecular weight excluding hydrogens is 316 g/mol. The van der Waals surface area contributed by atoms with E-state index in [0.717, 1.165) is 0 Å². The Morgan fingerprint density at radius 2 is 1.88 bits per heavy atom. The van der Waals surface area contributed by atoms with Crippen molar-refractivity contribution in [3.63, 3.8) is 0 Å². The number of hydrogen-bond acceptors (Lipinski definition) is 4. The molecule has 1 unspecified atom stereocenters. The van der Waals surface area contributed by atoms with Gasteiger partial charge in [-0.25, -0.2) is 5.43 Å². The summed E-state index contributed by atoms with van der Waals surface area (Å²) in [6, 6.07) is 14.3. The number of benzene rings is 2. The molecule has 0 bridgehead atoms. The van der Waals surface area contributed by atoms with Crippen LogP contribution in [0.1, 0.15) is 38.8 Å². The van der Waals surface area contributed by atoms with Crippen molar-refractivity contribution >= 4 is 12.1 Å². The summed E-state index contributed by atoms with van der Waals surface area (Å²) in [4.78, 5) is 12.0. The minimum absolute atomic E-state index is 0.0715. The largest absolute Gasteiger partial charge is 0.508 e. The molecule has 132 valence electrons. The Balaban J connectivity index is 1.89. The molecule has 5 nitrogen and oxygen atoms in total. The second-order valence-electron chi connectivity index (χ2n) is 6.86. The van der Waals surface area contributed by atoms with Crippen LogP contribution in [-0.2, 0) is 10.2 Å². The highest BCUT2D eigenvalue weighted by Crippen LogP contribution is 2.24. The van der Waals surface area contributed by atoms with Crippen LogP contribution >= 0.6 is 0 Å². The molecule has 0 aliphatic heterocycles. The van der Waals surface area contributed by atoms with E-state index >= 15 is 0 Å². The van der Waals surface area contributed by atoms with E-state index in [1.165, 1.54) is 11.8 Å². The lowest BCUT2D eigenvalue weighted by molar-refractivity contribution is -0.127. The highest BCUT2D eigenvalue weighted by molar-refractivity contribution is 5.84. The van der Waals surface area contributed by atoms with Gasteiger partial charge < -0.3 is 9.84 Å². The molecule has 1 amide bonds. The molecular formula is C20H24N2O3. The van der Waals surface area contributed by atoms with Crippen molar-refractivity contribution < 1.29 is 14.6 Å². The molecule has 2 aromatic rings. The van der Waals surface area contributed by atoms with E-state index in [0.29, 0.717) is 11.3 Å². The van der Waals surface area contributed by atoms with Crippen molar-refractivity contribution in [1.82, 2.24) is 5.43 Å². The fourth-order valence-corrected chi connectivity index (χ4v) is 2.16. The van der Waals surface area contributed by atoms with Crippen molar-refractivity contribution in [1.29, 1.82) is 0 Å². The van der Waals surface area contributed by atoms with Gasteiger partial charge in [0.1, 0.15) is 11.5 Å². The average molecular weight is 340 g/mol. The average Bonchev–Trinajstić information content (AvgIpc) is 2.54. The van der Waals surface area contributed by atoms with Gasteiger partial charge in [-0.15, -0.1) is 0 Å². The summed E-state index contributed by atoms with van der Waals surface area (Å²) in [5.41, 5.74) is 4.39. The van der Waals surface area contributed by atoms with Crippen LogP contribution in [0.25, 0.3) is 0 Å². The van der Waals surface area contributed by atoms with E-state index in [1.54, 1.807) is 31.2 Å². The fraction of sp³-hybridized carbons (Fsp3) is 0.300. The third-order valence-electron chi connectivity index (χ3n) is 3.66. The smallest absolute Gasteiger partial charge is 0.280 e. The Morgan fingerprint density at radius 1 is 1.20 bits per heavy atom. The van der Waals surface area contributed by atoms with Gasteiger partial charge in [0.15, 0.2) is 6.10 Å². The normalized spacial score (nSPS) is 12.8. The summed E-state index contributed by atoms with van der Waals surface area (Å²) < 4.78 is 5.64. The van der Waals surface area contributed by atoms with E-state index < -0.39 is 6.10 Å². The lowest BCUT2D eigenvalue weighted by Gasteiger charge is -2.19. The Kier molecular flexibility index (Phi) is 5.80. The summed E-state index contributed by atoms with van der Waals surface area (Å²) in [6.07, 6.45) is 0.782. The predicted octanol–water partition coefficient (Wildman–Crippen LogP) is 3.61. The Bertz CT molecular complexity index is 746. The molecule has 0 heterocycles. The molecule has 0 aliphatic carbocycles. The first-order chi connectivity index (χ1) is 11.8. The minimum atomic E-state index is -0.679. The van der Waals surface area contributed by atoms with Crippen LogP contribution in [0.5, 0.6) is 11.5 Å². The number of ether oxygens (including phenoxy) is 1. The first-order valence-corrected chi connectivity index (χ1v) is 8.15. The summed E-state index contributed by atoms with van der Waals surface area (Å²) in [5.74, 6) is 0.426. The number of aromatic hydroxyl groups is 1. The Morgan fingerprint density at radius 3 is 2.48 bits per heavy atom. The van der Waals surface area contributed by atoms with Crippen LogP contribution in [0.3, 0.4) is 0 Å². The van der Waals surface area contributed by atoms with Gasteiger partial charge in [0, 0.05) is 0 Å². The zero-order chi connectivity index (χ0) is 18.4. The topological polar surface area (TPSA) is 70.9 Å². The van der Waals surface area contributed by atoms with Crippen LogP contribution in [0.15, 0.2) is 53.6 Å². The molecule has 0 fully saturated rings. The van der Waals surface area contributed by atoms with Gasteiger partial charge in [0.2, 0.25) is 0 Å². The van der Waals surface area contributed by atoms with Crippen molar-refractivity contribution in [3.05, 3.63) is 59.7 Å². The number of amides is 1. The Labute approximate surface area is 148 Å². The van der Waals surface area contributed by atoms with Gasteiger partial charge in [0.05, 0.1) is 6.21 Å². The van der Waals surface area contributed by atoms with Crippen LogP contribution in [-0.4, -0.2) is 23.3 Å². The number of carbonyl (C=O) groups is 1. The zero-order valence-electron chi connectivity index (χ0n) is 15.0. The van der Waals surface area contributed by atoms with Gasteiger partial charge in [-0.1, -0.05) is 45.0 Å². The lowest BCUT2D eigenvalue weighted by atomic mass is 9.87. The minimum Gasteiger partial charge on any atom is -0.508 e. The summed E-state index contributed by atoms with van der Waals surface area (Å²) >= 11 is 0. The number of hydrogen-bond donors (Lipinski definition) is 2. The van der Waals surface area contributed by atoms with E-state index in [4.69, 9.17) is 4.74 Å². The summed E-state index contributed by atoms with van der Waals surface area (Å²) in [5, 5.41) is 13.3. The standard InChI is InChI=1S/C20H24N2O3/c1-14(25-18-10-8-16(9-11-18)20(2,3)4)19(24)22-21-13-15-6-5-7-17(23)12-15/h5-14,23H,1-4H3,(H,22,24)/b21-13+. The molecule has 5 heteroatoms. The predicted molar refractivity (Wildman–Crippen MR) is 99.1 cm³/mol. The Hall–Kier alpha value is -2.82. The fourth-order valence-electron chi connectivity index (χ4n) is 2.16. The molecule has 0 saturated heterocycles. The van der Waals surface area contributed by atoms with Crippen molar-refractivity contribution in [2.45, 2.75) is 39.2 Å². The summed E-state index contributed by atoms with van der Waals surface area (Å²) in [6.45, 7) is 8.09. The molecule has 0 aliphatic rings. The van der Waals surface area contributed by atoms with Gasteiger partial charge in [-0.3, -0.25) is 4.79 Å². The third kappa shape index (κ3) is 5.64. The molecule has 0 aromatic heterocycles. The van der Waals surface area contributed by atoms with Crippen LogP contribution in [0.4, 0.5) is 0 Å². The van der Waals surface area contributed by atoms with Gasteiger partial charge >= 0.3 is 0 Å². The number of nitrogens with one attached hydrogen (secondary N) is 1. The monoisotopic (exact) mass is 340 g/mol. The molecule has 1 atom stereocenters. The van der Waals surface area contributed by atoms with Gasteiger partial charge in [-0.2, -0.15) is 5.10 Å². The van der Waals surface area contributed by atoms with Crippen LogP contribution in [0, 0.1) is 0 Å². The molecule has 2 aromatic carbocycles. The summed E-state index contributed by atoms with van der Waals surface area (Å²) in [7, 11) is 0. The molecule has 0 radical (unpaired) electrons. The molecule has 0 spiro atoms. The highest BCUT2D eigenvalue weighted by Gasteiger charge is 2.16. The number of nitrogens with zero attached hydrogens (tertiary/aromatic N) is 1. The second-order valence-corrected chi connectivity index (χ2v) is 6.86. The molecule has 2 N–H and O–H groups in total. The molecule has 0 saturated carbocycles. The van der Waals surface area contributed by atoms with Crippen molar-refractivity contribution in [2.75, 3.05) is 0 Å². The van der Waals surface area contributed by atoms with Crippen LogP contribution in [0.2, 0.25) is 0 Å². The number of hydrazone groups is 1. The maximum Gasteiger partial charge on any atom is 0.280 e. The maximum absolute atomic E-state index is 12.0. The third-order valence-corrected chi connectivity index (χ3v) is 3.66. The number of rotatable bonds is 5. The van der Waals surface area contributed by atoms with E-state index in [1.807, 2.05) is 24.3 Å². The van der Waals surface area contributed by atoms with Crippen molar-refractivity contribution in [3.8, 4) is 11.5 Å². The number of phenols is 1. The van der Waals surface area contributed by atoms with E-state index in [2.05, 4.69) is 31.3 Å². The van der Waals surface area contributed by atoms with Crippen molar-refractivity contribution in [2.24, 2.45) is 5.10 Å². The quantitative estimate of drug-likeness (QED) is 0.645. The molecule has 25 heavy (non-hydrogen) atoms. The van der Waals surface area contributed by atoms with Gasteiger partial charge in [-0.05, 0) is 47.7 Å². The van der Waals surface area contributed by atoms with Gasteiger partial charge in [0.25, 0.3) is 5.91 Å². The highest BCUT2D eigenvalue weighted by atomic mass is 16.5. The molecule has 2 rings (SSSR count). The zero-order valence-corrected chi connectivity index (χ0v) is 15.0.